The van der Waals surface area contributed by atoms with E-state index in [-0.39, 0.29) is 0 Å². The Morgan fingerprint density at radius 3 is 2.26 bits per heavy atom. The molecule has 0 aliphatic carbocycles. The first-order valence-corrected chi connectivity index (χ1v) is 10.5. The quantitative estimate of drug-likeness (QED) is 0.323. The molecule has 0 aliphatic heterocycles. The number of furan rings is 1. The molecule has 0 bridgehead atoms. The van der Waals surface area contributed by atoms with Crippen LogP contribution in [0.5, 0.6) is 0 Å². The molecule has 0 saturated heterocycles. The molecule has 0 spiro atoms. The maximum absolute atomic E-state index is 6.16. The second kappa shape index (κ2) is 7.03. The van der Waals surface area contributed by atoms with Crippen molar-refractivity contribution in [3.63, 3.8) is 0 Å². The van der Waals surface area contributed by atoms with E-state index in [0.717, 1.165) is 27.9 Å². The maximum atomic E-state index is 6.16. The lowest BCUT2D eigenvalue weighted by atomic mass is 9.98. The first-order chi connectivity index (χ1) is 15.3. The predicted molar refractivity (Wildman–Crippen MR) is 131 cm³/mol. The lowest BCUT2D eigenvalue weighted by molar-refractivity contribution is 0.669. The lowest BCUT2D eigenvalue weighted by Gasteiger charge is -2.14. The van der Waals surface area contributed by atoms with Crippen LogP contribution < -0.4 is 5.32 Å². The van der Waals surface area contributed by atoms with E-state index in [4.69, 9.17) is 4.42 Å². The summed E-state index contributed by atoms with van der Waals surface area (Å²) in [5.74, 6) is 0. The first-order valence-electron chi connectivity index (χ1n) is 10.5. The molecule has 1 heterocycles. The summed E-state index contributed by atoms with van der Waals surface area (Å²) in [5.41, 5.74) is 7.53. The molecule has 2 nitrogen and oxygen atoms in total. The zero-order valence-corrected chi connectivity index (χ0v) is 17.2. The van der Waals surface area contributed by atoms with Crippen molar-refractivity contribution in [1.82, 2.24) is 0 Å². The smallest absolute Gasteiger partial charge is 0.137 e. The van der Waals surface area contributed by atoms with Gasteiger partial charge in [-0.05, 0) is 59.2 Å². The SMILES string of the molecule is Cc1cccc2oc3cc(Nc4cc5ccccc5cc4-c4ccccc4)ccc3c12. The van der Waals surface area contributed by atoms with Gasteiger partial charge in [0.25, 0.3) is 0 Å². The van der Waals surface area contributed by atoms with Gasteiger partial charge >= 0.3 is 0 Å². The molecule has 31 heavy (non-hydrogen) atoms. The zero-order valence-electron chi connectivity index (χ0n) is 17.2. The number of nitrogens with one attached hydrogen (secondary N) is 1. The van der Waals surface area contributed by atoms with Crippen molar-refractivity contribution in [1.29, 1.82) is 0 Å². The molecular weight excluding hydrogens is 378 g/mol. The Kier molecular flexibility index (Phi) is 4.03. The highest BCUT2D eigenvalue weighted by Crippen LogP contribution is 2.37. The Balaban J connectivity index is 1.50. The molecule has 2 heteroatoms. The summed E-state index contributed by atoms with van der Waals surface area (Å²) < 4.78 is 6.16. The third-order valence-corrected chi connectivity index (χ3v) is 5.96. The minimum Gasteiger partial charge on any atom is -0.456 e. The Morgan fingerprint density at radius 2 is 1.42 bits per heavy atom. The number of anilines is 2. The molecule has 0 amide bonds. The van der Waals surface area contributed by atoms with Gasteiger partial charge in [0, 0.05) is 33.8 Å². The van der Waals surface area contributed by atoms with Gasteiger partial charge in [-0.1, -0.05) is 66.7 Å². The Labute approximate surface area is 180 Å². The van der Waals surface area contributed by atoms with Crippen LogP contribution in [0.3, 0.4) is 0 Å². The van der Waals surface area contributed by atoms with Crippen molar-refractivity contribution >= 4 is 44.1 Å². The van der Waals surface area contributed by atoms with Crippen molar-refractivity contribution in [3.05, 3.63) is 109 Å². The molecule has 0 atom stereocenters. The minimum atomic E-state index is 0.899. The van der Waals surface area contributed by atoms with Crippen LogP contribution >= 0.6 is 0 Å². The zero-order chi connectivity index (χ0) is 20.8. The molecule has 0 radical (unpaired) electrons. The van der Waals surface area contributed by atoms with Gasteiger partial charge in [0.05, 0.1) is 0 Å². The average molecular weight is 399 g/mol. The largest absolute Gasteiger partial charge is 0.456 e. The van der Waals surface area contributed by atoms with Crippen LogP contribution in [0.2, 0.25) is 0 Å². The summed E-state index contributed by atoms with van der Waals surface area (Å²) >= 11 is 0. The van der Waals surface area contributed by atoms with E-state index in [9.17, 15) is 0 Å². The van der Waals surface area contributed by atoms with E-state index < -0.39 is 0 Å². The Bertz CT molecular complexity index is 1560. The van der Waals surface area contributed by atoms with Crippen molar-refractivity contribution < 1.29 is 4.42 Å². The van der Waals surface area contributed by atoms with Gasteiger partial charge in [-0.3, -0.25) is 0 Å². The van der Waals surface area contributed by atoms with Crippen molar-refractivity contribution in [2.24, 2.45) is 0 Å². The summed E-state index contributed by atoms with van der Waals surface area (Å²) in [7, 11) is 0. The van der Waals surface area contributed by atoms with E-state index in [1.807, 2.05) is 12.1 Å². The highest BCUT2D eigenvalue weighted by Gasteiger charge is 2.12. The van der Waals surface area contributed by atoms with Crippen LogP contribution in [0.1, 0.15) is 5.56 Å². The molecule has 0 saturated carbocycles. The van der Waals surface area contributed by atoms with Crippen LogP contribution in [0.4, 0.5) is 11.4 Å². The van der Waals surface area contributed by atoms with E-state index >= 15 is 0 Å². The molecule has 6 aromatic rings. The van der Waals surface area contributed by atoms with Gasteiger partial charge in [0.2, 0.25) is 0 Å². The summed E-state index contributed by atoms with van der Waals surface area (Å²) in [6, 6.07) is 36.1. The molecule has 1 N–H and O–H groups in total. The van der Waals surface area contributed by atoms with Crippen LogP contribution in [-0.4, -0.2) is 0 Å². The van der Waals surface area contributed by atoms with Crippen molar-refractivity contribution in [3.8, 4) is 11.1 Å². The van der Waals surface area contributed by atoms with Crippen LogP contribution in [0.15, 0.2) is 108 Å². The van der Waals surface area contributed by atoms with Gasteiger partial charge in [-0.2, -0.15) is 0 Å². The fourth-order valence-corrected chi connectivity index (χ4v) is 4.44. The summed E-state index contributed by atoms with van der Waals surface area (Å²) in [6.07, 6.45) is 0. The summed E-state index contributed by atoms with van der Waals surface area (Å²) in [4.78, 5) is 0. The fraction of sp³-hybridized carbons (Fsp3) is 0.0345. The molecule has 6 rings (SSSR count). The van der Waals surface area contributed by atoms with Gasteiger partial charge in [-0.25, -0.2) is 0 Å². The van der Waals surface area contributed by atoms with Crippen molar-refractivity contribution in [2.75, 3.05) is 5.32 Å². The minimum absolute atomic E-state index is 0.899. The average Bonchev–Trinajstić information content (AvgIpc) is 3.18. The second-order valence-electron chi connectivity index (χ2n) is 8.00. The highest BCUT2D eigenvalue weighted by molar-refractivity contribution is 6.07. The molecule has 0 aliphatic rings. The number of fused-ring (bicyclic) bond motifs is 4. The highest BCUT2D eigenvalue weighted by atomic mass is 16.3. The standard InChI is InChI=1S/C29H21NO/c1-19-8-7-13-27-29(19)24-15-14-23(18-28(24)31-27)30-26-17-22-12-6-5-11-21(22)16-25(26)20-9-3-2-4-10-20/h2-18,30H,1H3. The van der Waals surface area contributed by atoms with E-state index in [0.29, 0.717) is 0 Å². The first kappa shape index (κ1) is 17.8. The van der Waals surface area contributed by atoms with E-state index in [1.165, 1.54) is 32.8 Å². The maximum Gasteiger partial charge on any atom is 0.137 e. The topological polar surface area (TPSA) is 25.2 Å². The van der Waals surface area contributed by atoms with Gasteiger partial charge in [0.15, 0.2) is 0 Å². The normalized spacial score (nSPS) is 11.4. The Morgan fingerprint density at radius 1 is 0.645 bits per heavy atom. The predicted octanol–water partition coefficient (Wildman–Crippen LogP) is 8.46. The lowest BCUT2D eigenvalue weighted by Crippen LogP contribution is -1.94. The van der Waals surface area contributed by atoms with Gasteiger partial charge in [0.1, 0.15) is 11.2 Å². The molecule has 0 fully saturated rings. The third kappa shape index (κ3) is 3.04. The number of hydrogen-bond acceptors (Lipinski definition) is 2. The second-order valence-corrected chi connectivity index (χ2v) is 8.00. The fourth-order valence-electron chi connectivity index (χ4n) is 4.44. The van der Waals surface area contributed by atoms with Gasteiger partial charge in [-0.15, -0.1) is 0 Å². The van der Waals surface area contributed by atoms with Crippen LogP contribution in [-0.2, 0) is 0 Å². The molecular formula is C29H21NO. The summed E-state index contributed by atoms with van der Waals surface area (Å²) in [5, 5.41) is 8.45. The molecule has 5 aromatic carbocycles. The monoisotopic (exact) mass is 399 g/mol. The summed E-state index contributed by atoms with van der Waals surface area (Å²) in [6.45, 7) is 2.13. The molecule has 148 valence electrons. The number of aryl methyl sites for hydroxylation is 1. The van der Waals surface area contributed by atoms with Gasteiger partial charge < -0.3 is 9.73 Å². The molecule has 0 unspecified atom stereocenters. The number of benzene rings is 5. The van der Waals surface area contributed by atoms with Crippen LogP contribution in [0.25, 0.3) is 43.8 Å². The number of rotatable bonds is 3. The van der Waals surface area contributed by atoms with Crippen LogP contribution in [0, 0.1) is 6.92 Å². The third-order valence-electron chi connectivity index (χ3n) is 5.96. The molecule has 1 aromatic heterocycles. The van der Waals surface area contributed by atoms with E-state index in [2.05, 4.69) is 103 Å². The number of hydrogen-bond donors (Lipinski definition) is 1. The Hall–Kier alpha value is -4.04. The van der Waals surface area contributed by atoms with Crippen molar-refractivity contribution in [2.45, 2.75) is 6.92 Å². The van der Waals surface area contributed by atoms with E-state index in [1.54, 1.807) is 0 Å².